The van der Waals surface area contributed by atoms with E-state index in [0.717, 1.165) is 32.5 Å². The first-order chi connectivity index (χ1) is 13.0. The third kappa shape index (κ3) is 3.29. The Morgan fingerprint density at radius 3 is 2.44 bits per heavy atom. The Bertz CT molecular complexity index is 1090. The van der Waals surface area contributed by atoms with Crippen molar-refractivity contribution in [1.82, 2.24) is 19.7 Å². The number of carbonyl (C=O) groups is 1. The van der Waals surface area contributed by atoms with Crippen molar-refractivity contribution in [3.63, 3.8) is 0 Å². The molecule has 0 bridgehead atoms. The molecule has 3 aromatic heterocycles. The van der Waals surface area contributed by atoms with Gasteiger partial charge in [0, 0.05) is 28.5 Å². The summed E-state index contributed by atoms with van der Waals surface area (Å²) in [5, 5.41) is 10.9. The number of aromatic nitrogens is 4. The van der Waals surface area contributed by atoms with Crippen molar-refractivity contribution in [2.24, 2.45) is 0 Å². The molecule has 7 heteroatoms. The summed E-state index contributed by atoms with van der Waals surface area (Å²) in [7, 11) is 0. The summed E-state index contributed by atoms with van der Waals surface area (Å²) in [6.45, 7) is 5.89. The molecule has 2 N–H and O–H groups in total. The first kappa shape index (κ1) is 17.2. The van der Waals surface area contributed by atoms with Gasteiger partial charge >= 0.3 is 0 Å². The van der Waals surface area contributed by atoms with Gasteiger partial charge in [-0.2, -0.15) is 5.10 Å². The zero-order valence-corrected chi connectivity index (χ0v) is 16.1. The molecule has 0 aliphatic rings. The highest BCUT2D eigenvalue weighted by Gasteiger charge is 2.20. The topological polar surface area (TPSA) is 75.6 Å². The third-order valence-corrected chi connectivity index (χ3v) is 5.65. The van der Waals surface area contributed by atoms with Gasteiger partial charge in [-0.15, -0.1) is 11.3 Å². The lowest BCUT2D eigenvalue weighted by atomic mass is 10.1. The Labute approximate surface area is 160 Å². The highest BCUT2D eigenvalue weighted by Crippen LogP contribution is 2.31. The lowest BCUT2D eigenvalue weighted by molar-refractivity contribution is 0.102. The second kappa shape index (κ2) is 6.85. The quantitative estimate of drug-likeness (QED) is 0.550. The minimum absolute atomic E-state index is 0.109. The number of aryl methyl sites for hydroxylation is 2. The number of carbonyl (C=O) groups excluding carboxylic acids is 1. The Morgan fingerprint density at radius 2 is 1.81 bits per heavy atom. The first-order valence-corrected chi connectivity index (χ1v) is 9.38. The van der Waals surface area contributed by atoms with E-state index in [9.17, 15) is 4.79 Å². The predicted octanol–water partition coefficient (Wildman–Crippen LogP) is 4.50. The number of nitrogens with zero attached hydrogens (tertiary/aromatic N) is 3. The van der Waals surface area contributed by atoms with Crippen LogP contribution in [0.1, 0.15) is 26.6 Å². The SMILES string of the molecule is Cc1nc(-c2ccc(NC(=O)c3c(-n4cccc4)sc(C)c3C)cc2)n[nH]1. The summed E-state index contributed by atoms with van der Waals surface area (Å²) in [5.41, 5.74) is 3.35. The number of benzene rings is 1. The van der Waals surface area contributed by atoms with Gasteiger partial charge in [0.25, 0.3) is 5.91 Å². The van der Waals surface area contributed by atoms with Crippen LogP contribution in [0.4, 0.5) is 5.69 Å². The van der Waals surface area contributed by atoms with E-state index in [1.54, 1.807) is 11.3 Å². The molecule has 27 heavy (non-hydrogen) atoms. The van der Waals surface area contributed by atoms with Gasteiger partial charge in [0.05, 0.1) is 5.56 Å². The minimum atomic E-state index is -0.109. The van der Waals surface area contributed by atoms with Crippen molar-refractivity contribution < 1.29 is 4.79 Å². The van der Waals surface area contributed by atoms with Crippen molar-refractivity contribution in [1.29, 1.82) is 0 Å². The van der Waals surface area contributed by atoms with E-state index in [4.69, 9.17) is 0 Å². The van der Waals surface area contributed by atoms with Crippen molar-refractivity contribution >= 4 is 22.9 Å². The molecule has 136 valence electrons. The summed E-state index contributed by atoms with van der Waals surface area (Å²) in [6, 6.07) is 11.4. The van der Waals surface area contributed by atoms with Gasteiger partial charge in [0.15, 0.2) is 5.82 Å². The molecule has 0 atom stereocenters. The van der Waals surface area contributed by atoms with Crippen LogP contribution < -0.4 is 5.32 Å². The van der Waals surface area contributed by atoms with E-state index >= 15 is 0 Å². The molecule has 0 spiro atoms. The standard InChI is InChI=1S/C20H19N5OS/c1-12-13(2)27-20(25-10-4-5-11-25)17(12)19(26)22-16-8-6-15(7-9-16)18-21-14(3)23-24-18/h4-11H,1-3H3,(H,22,26)(H,21,23,24). The number of anilines is 1. The number of amides is 1. The first-order valence-electron chi connectivity index (χ1n) is 8.57. The number of nitrogens with one attached hydrogen (secondary N) is 2. The van der Waals surface area contributed by atoms with E-state index in [2.05, 4.69) is 20.5 Å². The maximum Gasteiger partial charge on any atom is 0.258 e. The zero-order chi connectivity index (χ0) is 19.0. The molecule has 0 aliphatic carbocycles. The molecule has 3 heterocycles. The van der Waals surface area contributed by atoms with Crippen molar-refractivity contribution in [3.05, 3.63) is 70.6 Å². The van der Waals surface area contributed by atoms with Crippen LogP contribution in [0.15, 0.2) is 48.8 Å². The van der Waals surface area contributed by atoms with Gasteiger partial charge in [0.2, 0.25) is 0 Å². The van der Waals surface area contributed by atoms with E-state index in [0.29, 0.717) is 11.4 Å². The largest absolute Gasteiger partial charge is 0.322 e. The van der Waals surface area contributed by atoms with Gasteiger partial charge < -0.3 is 9.88 Å². The van der Waals surface area contributed by atoms with E-state index < -0.39 is 0 Å². The van der Waals surface area contributed by atoms with Gasteiger partial charge in [-0.1, -0.05) is 0 Å². The Balaban J connectivity index is 1.60. The molecular weight excluding hydrogens is 358 g/mol. The molecule has 0 aliphatic heterocycles. The number of hydrogen-bond donors (Lipinski definition) is 2. The summed E-state index contributed by atoms with van der Waals surface area (Å²) >= 11 is 1.62. The lowest BCUT2D eigenvalue weighted by Crippen LogP contribution is -2.14. The molecule has 1 amide bonds. The van der Waals surface area contributed by atoms with E-state index in [1.165, 1.54) is 0 Å². The summed E-state index contributed by atoms with van der Waals surface area (Å²) in [4.78, 5) is 18.4. The fraction of sp³-hybridized carbons (Fsp3) is 0.150. The van der Waals surface area contributed by atoms with Crippen LogP contribution in [0.25, 0.3) is 16.4 Å². The molecule has 0 radical (unpaired) electrons. The highest BCUT2D eigenvalue weighted by atomic mass is 32.1. The highest BCUT2D eigenvalue weighted by molar-refractivity contribution is 7.15. The van der Waals surface area contributed by atoms with Crippen LogP contribution in [0.5, 0.6) is 0 Å². The number of thiophene rings is 1. The van der Waals surface area contributed by atoms with Crippen molar-refractivity contribution in [2.75, 3.05) is 5.32 Å². The Hall–Kier alpha value is -3.19. The van der Waals surface area contributed by atoms with Crippen LogP contribution in [0.2, 0.25) is 0 Å². The van der Waals surface area contributed by atoms with Crippen LogP contribution in [-0.4, -0.2) is 25.7 Å². The molecule has 0 fully saturated rings. The Kier molecular flexibility index (Phi) is 4.37. The fourth-order valence-electron chi connectivity index (χ4n) is 2.90. The molecule has 1 aromatic carbocycles. The molecule has 6 nitrogen and oxygen atoms in total. The van der Waals surface area contributed by atoms with Crippen LogP contribution in [0, 0.1) is 20.8 Å². The van der Waals surface area contributed by atoms with Crippen LogP contribution in [-0.2, 0) is 0 Å². The Morgan fingerprint density at radius 1 is 1.11 bits per heavy atom. The number of H-pyrrole nitrogens is 1. The molecule has 4 rings (SSSR count). The molecule has 0 saturated heterocycles. The second-order valence-electron chi connectivity index (χ2n) is 6.33. The van der Waals surface area contributed by atoms with Gasteiger partial charge in [0.1, 0.15) is 10.8 Å². The van der Waals surface area contributed by atoms with Crippen molar-refractivity contribution in [2.45, 2.75) is 20.8 Å². The summed E-state index contributed by atoms with van der Waals surface area (Å²) in [5.74, 6) is 1.30. The van der Waals surface area contributed by atoms with Crippen LogP contribution >= 0.6 is 11.3 Å². The molecular formula is C20H19N5OS. The predicted molar refractivity (Wildman–Crippen MR) is 108 cm³/mol. The van der Waals surface area contributed by atoms with Crippen LogP contribution in [0.3, 0.4) is 0 Å². The second-order valence-corrected chi connectivity index (χ2v) is 7.53. The number of aromatic amines is 1. The molecule has 0 saturated carbocycles. The number of rotatable bonds is 4. The van der Waals surface area contributed by atoms with Gasteiger partial charge in [-0.3, -0.25) is 9.89 Å². The van der Waals surface area contributed by atoms with E-state index in [-0.39, 0.29) is 5.91 Å². The molecule has 0 unspecified atom stereocenters. The average molecular weight is 377 g/mol. The molecule has 4 aromatic rings. The average Bonchev–Trinajstić information content (AvgIpc) is 3.38. The monoisotopic (exact) mass is 377 g/mol. The summed E-state index contributed by atoms with van der Waals surface area (Å²) in [6.07, 6.45) is 3.91. The van der Waals surface area contributed by atoms with Gasteiger partial charge in [-0.05, 0) is 62.7 Å². The lowest BCUT2D eigenvalue weighted by Gasteiger charge is -2.09. The van der Waals surface area contributed by atoms with Crippen molar-refractivity contribution in [3.8, 4) is 16.4 Å². The van der Waals surface area contributed by atoms with Gasteiger partial charge in [-0.25, -0.2) is 4.98 Å². The number of hydrogen-bond acceptors (Lipinski definition) is 4. The fourth-order valence-corrected chi connectivity index (χ4v) is 4.02. The van der Waals surface area contributed by atoms with E-state index in [1.807, 2.05) is 74.1 Å². The smallest absolute Gasteiger partial charge is 0.258 e. The maximum atomic E-state index is 13.0. The maximum absolute atomic E-state index is 13.0. The normalized spacial score (nSPS) is 10.9. The zero-order valence-electron chi connectivity index (χ0n) is 15.3. The summed E-state index contributed by atoms with van der Waals surface area (Å²) < 4.78 is 1.98. The minimum Gasteiger partial charge on any atom is -0.322 e. The third-order valence-electron chi connectivity index (χ3n) is 4.43.